The molecule has 0 aliphatic heterocycles. The lowest BCUT2D eigenvalue weighted by atomic mass is 10.1. The summed E-state index contributed by atoms with van der Waals surface area (Å²) in [5.41, 5.74) is 0.603. The molecule has 0 aromatic heterocycles. The van der Waals surface area contributed by atoms with Gasteiger partial charge in [-0.05, 0) is 31.7 Å². The van der Waals surface area contributed by atoms with Crippen molar-refractivity contribution < 1.29 is 13.6 Å². The lowest BCUT2D eigenvalue weighted by Crippen LogP contribution is -2.36. The molecule has 1 aromatic carbocycles. The largest absolute Gasteiger partial charge is 0.344 e. The average Bonchev–Trinajstić information content (AvgIpc) is 2.38. The third kappa shape index (κ3) is 4.34. The molecule has 1 aromatic rings. The first-order chi connectivity index (χ1) is 8.95. The maximum absolute atomic E-state index is 13.1. The van der Waals surface area contributed by atoms with Crippen molar-refractivity contribution in [1.29, 1.82) is 0 Å². The van der Waals surface area contributed by atoms with Crippen LogP contribution in [0.5, 0.6) is 0 Å². The maximum Gasteiger partial charge on any atom is 0.234 e. The minimum Gasteiger partial charge on any atom is -0.344 e. The summed E-state index contributed by atoms with van der Waals surface area (Å²) in [5, 5.41) is 2.54. The molecule has 0 aliphatic carbocycles. The van der Waals surface area contributed by atoms with Crippen LogP contribution in [0.15, 0.2) is 18.2 Å². The highest BCUT2D eigenvalue weighted by Crippen LogP contribution is 2.20. The number of carbonyl (C=O) groups is 1. The number of hydrogen-bond acceptors (Lipinski definition) is 2. The molecule has 0 fully saturated rings. The van der Waals surface area contributed by atoms with E-state index in [1.165, 1.54) is 6.07 Å². The molecule has 0 aliphatic rings. The van der Waals surface area contributed by atoms with Crippen LogP contribution in [0, 0.1) is 24.0 Å². The van der Waals surface area contributed by atoms with Gasteiger partial charge in [0, 0.05) is 6.04 Å². The highest BCUT2D eigenvalue weighted by Gasteiger charge is 2.16. The second kappa shape index (κ2) is 6.86. The molecule has 0 saturated heterocycles. The highest BCUT2D eigenvalue weighted by atomic mass is 19.2. The van der Waals surface area contributed by atoms with Crippen molar-refractivity contribution in [2.75, 3.05) is 20.1 Å². The molecule has 1 N–H and O–H groups in total. The summed E-state index contributed by atoms with van der Waals surface area (Å²) in [6, 6.07) is 3.49. The molecular formula is C14H16F2N2O. The van der Waals surface area contributed by atoms with Gasteiger partial charge in [-0.15, -0.1) is 6.42 Å². The van der Waals surface area contributed by atoms with Crippen LogP contribution >= 0.6 is 0 Å². The molecule has 0 unspecified atom stereocenters. The Kier molecular flexibility index (Phi) is 5.46. The summed E-state index contributed by atoms with van der Waals surface area (Å²) in [6.45, 7) is 2.11. The molecular weight excluding hydrogens is 250 g/mol. The number of amides is 1. The Morgan fingerprint density at radius 3 is 2.74 bits per heavy atom. The predicted octanol–water partition coefficient (Wildman–Crippen LogP) is 1.71. The number of benzene rings is 1. The molecule has 0 spiro atoms. The molecule has 19 heavy (non-hydrogen) atoms. The lowest BCUT2D eigenvalue weighted by Gasteiger charge is -2.24. The molecule has 1 amide bonds. The number of halogens is 2. The quantitative estimate of drug-likeness (QED) is 0.823. The summed E-state index contributed by atoms with van der Waals surface area (Å²) >= 11 is 0. The predicted molar refractivity (Wildman–Crippen MR) is 69.2 cm³/mol. The molecule has 0 heterocycles. The van der Waals surface area contributed by atoms with Gasteiger partial charge in [0.2, 0.25) is 5.91 Å². The molecule has 5 heteroatoms. The minimum atomic E-state index is -0.894. The first kappa shape index (κ1) is 15.1. The molecule has 0 radical (unpaired) electrons. The standard InChI is InChI=1S/C14H16F2N2O/c1-4-7-17-14(19)9-18(3)10(2)11-5-6-12(15)13(16)8-11/h1,5-6,8,10H,7,9H2,2-3H3,(H,17,19)/t10-/m0/s1. The van der Waals surface area contributed by atoms with Crippen LogP contribution in [-0.4, -0.2) is 30.9 Å². The third-order valence-electron chi connectivity index (χ3n) is 2.87. The fourth-order valence-electron chi connectivity index (χ4n) is 1.60. The van der Waals surface area contributed by atoms with Gasteiger partial charge in [0.25, 0.3) is 0 Å². The maximum atomic E-state index is 13.1. The van der Waals surface area contributed by atoms with Crippen LogP contribution in [0.2, 0.25) is 0 Å². The SMILES string of the molecule is C#CCNC(=O)CN(C)[C@@H](C)c1ccc(F)c(F)c1. The van der Waals surface area contributed by atoms with Crippen molar-refractivity contribution in [3.8, 4) is 12.3 Å². The third-order valence-corrected chi connectivity index (χ3v) is 2.87. The summed E-state index contributed by atoms with van der Waals surface area (Å²) in [5.74, 6) is 0.314. The molecule has 102 valence electrons. The first-order valence-electron chi connectivity index (χ1n) is 5.81. The van der Waals surface area contributed by atoms with Crippen molar-refractivity contribution in [3.63, 3.8) is 0 Å². The zero-order chi connectivity index (χ0) is 14.4. The van der Waals surface area contributed by atoms with Gasteiger partial charge in [0.1, 0.15) is 0 Å². The van der Waals surface area contributed by atoms with Crippen molar-refractivity contribution in [2.24, 2.45) is 0 Å². The van der Waals surface area contributed by atoms with E-state index >= 15 is 0 Å². The first-order valence-corrected chi connectivity index (χ1v) is 5.81. The summed E-state index contributed by atoms with van der Waals surface area (Å²) in [6.07, 6.45) is 5.03. The Morgan fingerprint density at radius 2 is 2.16 bits per heavy atom. The topological polar surface area (TPSA) is 32.3 Å². The van der Waals surface area contributed by atoms with Crippen LogP contribution in [-0.2, 0) is 4.79 Å². The molecule has 0 bridgehead atoms. The zero-order valence-electron chi connectivity index (χ0n) is 10.9. The minimum absolute atomic E-state index is 0.127. The number of rotatable bonds is 5. The van der Waals surface area contributed by atoms with Crippen LogP contribution in [0.4, 0.5) is 8.78 Å². The highest BCUT2D eigenvalue weighted by molar-refractivity contribution is 5.78. The van der Waals surface area contributed by atoms with Crippen molar-refractivity contribution in [2.45, 2.75) is 13.0 Å². The van der Waals surface area contributed by atoms with Gasteiger partial charge in [-0.1, -0.05) is 12.0 Å². The van der Waals surface area contributed by atoms with Crippen LogP contribution in [0.1, 0.15) is 18.5 Å². The Morgan fingerprint density at radius 1 is 1.47 bits per heavy atom. The van der Waals surface area contributed by atoms with E-state index in [4.69, 9.17) is 6.42 Å². The van der Waals surface area contributed by atoms with E-state index in [-0.39, 0.29) is 25.0 Å². The van der Waals surface area contributed by atoms with E-state index in [1.54, 1.807) is 18.9 Å². The van der Waals surface area contributed by atoms with E-state index in [0.717, 1.165) is 12.1 Å². The van der Waals surface area contributed by atoms with Crippen LogP contribution in [0.25, 0.3) is 0 Å². The fraction of sp³-hybridized carbons (Fsp3) is 0.357. The molecule has 3 nitrogen and oxygen atoms in total. The molecule has 1 atom stereocenters. The number of terminal acetylenes is 1. The lowest BCUT2D eigenvalue weighted by molar-refractivity contribution is -0.122. The van der Waals surface area contributed by atoms with E-state index in [9.17, 15) is 13.6 Å². The normalized spacial score (nSPS) is 12.0. The Labute approximate surface area is 111 Å². The second-order valence-corrected chi connectivity index (χ2v) is 4.25. The average molecular weight is 266 g/mol. The van der Waals surface area contributed by atoms with Gasteiger partial charge in [0.05, 0.1) is 13.1 Å². The van der Waals surface area contributed by atoms with Crippen LogP contribution in [0.3, 0.4) is 0 Å². The van der Waals surface area contributed by atoms with E-state index < -0.39 is 11.6 Å². The molecule has 1 rings (SSSR count). The van der Waals surface area contributed by atoms with Gasteiger partial charge >= 0.3 is 0 Å². The second-order valence-electron chi connectivity index (χ2n) is 4.25. The van der Waals surface area contributed by atoms with Crippen LogP contribution < -0.4 is 5.32 Å². The van der Waals surface area contributed by atoms with Crippen molar-refractivity contribution >= 4 is 5.91 Å². The Balaban J connectivity index is 2.66. The zero-order valence-corrected chi connectivity index (χ0v) is 10.9. The number of nitrogens with one attached hydrogen (secondary N) is 1. The Bertz CT molecular complexity index is 497. The van der Waals surface area contributed by atoms with Gasteiger partial charge in [-0.3, -0.25) is 9.69 Å². The number of nitrogens with zero attached hydrogens (tertiary/aromatic N) is 1. The number of likely N-dealkylation sites (N-methyl/N-ethyl adjacent to an activating group) is 1. The van der Waals surface area contributed by atoms with E-state index in [2.05, 4.69) is 11.2 Å². The van der Waals surface area contributed by atoms with Crippen molar-refractivity contribution in [1.82, 2.24) is 10.2 Å². The van der Waals surface area contributed by atoms with Gasteiger partial charge < -0.3 is 5.32 Å². The molecule has 0 saturated carbocycles. The van der Waals surface area contributed by atoms with Gasteiger partial charge in [-0.2, -0.15) is 0 Å². The summed E-state index contributed by atoms with van der Waals surface area (Å²) < 4.78 is 26.0. The summed E-state index contributed by atoms with van der Waals surface area (Å²) in [7, 11) is 1.72. The fourth-order valence-corrected chi connectivity index (χ4v) is 1.60. The number of hydrogen-bond donors (Lipinski definition) is 1. The smallest absolute Gasteiger partial charge is 0.234 e. The monoisotopic (exact) mass is 266 g/mol. The van der Waals surface area contributed by atoms with E-state index in [1.807, 2.05) is 0 Å². The summed E-state index contributed by atoms with van der Waals surface area (Å²) in [4.78, 5) is 13.2. The van der Waals surface area contributed by atoms with E-state index in [0.29, 0.717) is 5.56 Å². The van der Waals surface area contributed by atoms with Crippen molar-refractivity contribution in [3.05, 3.63) is 35.4 Å². The Hall–Kier alpha value is -1.93. The number of carbonyl (C=O) groups excluding carboxylic acids is 1. The van der Waals surface area contributed by atoms with Gasteiger partial charge in [-0.25, -0.2) is 8.78 Å². The van der Waals surface area contributed by atoms with Gasteiger partial charge in [0.15, 0.2) is 11.6 Å².